The zero-order valence-electron chi connectivity index (χ0n) is 18.3. The first-order valence-electron chi connectivity index (χ1n) is 10.7. The van der Waals surface area contributed by atoms with Gasteiger partial charge in [0.05, 0.1) is 30.4 Å². The summed E-state index contributed by atoms with van der Waals surface area (Å²) in [7, 11) is 4.05. The zero-order chi connectivity index (χ0) is 21.8. The molecule has 166 valence electrons. The van der Waals surface area contributed by atoms with E-state index < -0.39 is 6.03 Å². The van der Waals surface area contributed by atoms with Crippen molar-refractivity contribution in [3.63, 3.8) is 0 Å². The molecule has 1 atom stereocenters. The topological polar surface area (TPSA) is 101 Å². The standard InChI is InChI=1S/C22H30N6O3/c1-14-10-25-21(12-24-14)27-22(29)26-18-8-17(15-4-5-15)19(28(2)3)9-20(18)31-13-16-11-23-6-7-30-16/h8-10,12,15-16,23H,4-7,11,13H2,1-3H3,(H2,25,26,27,29). The third-order valence-corrected chi connectivity index (χ3v) is 5.33. The molecule has 2 aliphatic rings. The van der Waals surface area contributed by atoms with E-state index in [0.717, 1.165) is 37.3 Å². The van der Waals surface area contributed by atoms with Crippen molar-refractivity contribution in [1.29, 1.82) is 0 Å². The number of nitrogens with zero attached hydrogens (tertiary/aromatic N) is 3. The van der Waals surface area contributed by atoms with Crippen LogP contribution in [0.5, 0.6) is 5.75 Å². The molecular formula is C22H30N6O3. The Labute approximate surface area is 182 Å². The van der Waals surface area contributed by atoms with E-state index in [-0.39, 0.29) is 6.10 Å². The van der Waals surface area contributed by atoms with E-state index in [1.807, 2.05) is 33.2 Å². The number of carbonyl (C=O) groups is 1. The maximum atomic E-state index is 12.6. The monoisotopic (exact) mass is 426 g/mol. The van der Waals surface area contributed by atoms with Crippen LogP contribution >= 0.6 is 0 Å². The summed E-state index contributed by atoms with van der Waals surface area (Å²) in [5.74, 6) is 1.52. The van der Waals surface area contributed by atoms with Crippen LogP contribution in [0.25, 0.3) is 0 Å². The molecule has 2 heterocycles. The van der Waals surface area contributed by atoms with Gasteiger partial charge in [-0.05, 0) is 37.3 Å². The summed E-state index contributed by atoms with van der Waals surface area (Å²) >= 11 is 0. The highest BCUT2D eigenvalue weighted by Gasteiger charge is 2.29. The molecule has 2 aromatic rings. The smallest absolute Gasteiger partial charge is 0.324 e. The molecule has 1 saturated heterocycles. The molecule has 3 N–H and O–H groups in total. The third-order valence-electron chi connectivity index (χ3n) is 5.33. The van der Waals surface area contributed by atoms with Crippen molar-refractivity contribution in [3.05, 3.63) is 35.8 Å². The molecule has 0 radical (unpaired) electrons. The Kier molecular flexibility index (Phi) is 6.53. The summed E-state index contributed by atoms with van der Waals surface area (Å²) in [5, 5.41) is 8.97. The minimum atomic E-state index is -0.391. The van der Waals surface area contributed by atoms with E-state index in [9.17, 15) is 4.79 Å². The molecule has 0 bridgehead atoms. The lowest BCUT2D eigenvalue weighted by Gasteiger charge is -2.25. The van der Waals surface area contributed by atoms with Crippen LogP contribution < -0.4 is 25.6 Å². The van der Waals surface area contributed by atoms with Gasteiger partial charge in [-0.2, -0.15) is 0 Å². The number of morpholine rings is 1. The molecule has 4 rings (SSSR count). The number of urea groups is 1. The molecule has 1 aromatic heterocycles. The fraction of sp³-hybridized carbons (Fsp3) is 0.500. The number of benzene rings is 1. The number of carbonyl (C=O) groups excluding carboxylic acids is 1. The number of hydrogen-bond acceptors (Lipinski definition) is 7. The van der Waals surface area contributed by atoms with E-state index in [0.29, 0.717) is 36.4 Å². The summed E-state index contributed by atoms with van der Waals surface area (Å²) < 4.78 is 11.9. The van der Waals surface area contributed by atoms with Gasteiger partial charge >= 0.3 is 6.03 Å². The van der Waals surface area contributed by atoms with Crippen LogP contribution in [0, 0.1) is 6.92 Å². The van der Waals surface area contributed by atoms with Crippen molar-refractivity contribution in [2.75, 3.05) is 55.9 Å². The number of anilines is 3. The van der Waals surface area contributed by atoms with Gasteiger partial charge in [0.15, 0.2) is 5.82 Å². The van der Waals surface area contributed by atoms with Crippen molar-refractivity contribution in [3.8, 4) is 5.75 Å². The Morgan fingerprint density at radius 3 is 2.74 bits per heavy atom. The molecule has 1 aromatic carbocycles. The minimum Gasteiger partial charge on any atom is -0.489 e. The number of rotatable bonds is 7. The molecular weight excluding hydrogens is 396 g/mol. The number of aryl methyl sites for hydroxylation is 1. The summed E-state index contributed by atoms with van der Waals surface area (Å²) in [5.41, 5.74) is 3.75. The lowest BCUT2D eigenvalue weighted by molar-refractivity contribution is 0.000356. The number of aromatic nitrogens is 2. The molecule has 2 amide bonds. The van der Waals surface area contributed by atoms with E-state index in [2.05, 4.69) is 30.8 Å². The average Bonchev–Trinajstić information content (AvgIpc) is 3.60. The van der Waals surface area contributed by atoms with Crippen molar-refractivity contribution < 1.29 is 14.3 Å². The number of hydrogen-bond donors (Lipinski definition) is 3. The highest BCUT2D eigenvalue weighted by Crippen LogP contribution is 2.47. The van der Waals surface area contributed by atoms with Crippen LogP contribution in [-0.2, 0) is 4.74 Å². The second-order valence-corrected chi connectivity index (χ2v) is 8.21. The Morgan fingerprint density at radius 2 is 2.10 bits per heavy atom. The van der Waals surface area contributed by atoms with Crippen LogP contribution in [0.15, 0.2) is 24.5 Å². The molecule has 2 fully saturated rings. The highest BCUT2D eigenvalue weighted by molar-refractivity contribution is 6.00. The number of nitrogens with one attached hydrogen (secondary N) is 3. The van der Waals surface area contributed by atoms with E-state index in [4.69, 9.17) is 9.47 Å². The quantitative estimate of drug-likeness (QED) is 0.626. The van der Waals surface area contributed by atoms with Crippen LogP contribution in [-0.4, -0.2) is 62.5 Å². The average molecular weight is 427 g/mol. The summed E-state index contributed by atoms with van der Waals surface area (Å²) in [6.45, 7) is 4.52. The van der Waals surface area contributed by atoms with E-state index in [1.165, 1.54) is 11.8 Å². The lowest BCUT2D eigenvalue weighted by Crippen LogP contribution is -2.41. The highest BCUT2D eigenvalue weighted by atomic mass is 16.5. The normalized spacial score (nSPS) is 18.4. The first kappa shape index (κ1) is 21.3. The Hall–Kier alpha value is -2.91. The van der Waals surface area contributed by atoms with Gasteiger partial charge in [0.1, 0.15) is 18.5 Å². The van der Waals surface area contributed by atoms with E-state index >= 15 is 0 Å². The van der Waals surface area contributed by atoms with Gasteiger partial charge in [0.25, 0.3) is 0 Å². The molecule has 31 heavy (non-hydrogen) atoms. The largest absolute Gasteiger partial charge is 0.489 e. The Balaban J connectivity index is 1.54. The zero-order valence-corrected chi connectivity index (χ0v) is 18.3. The van der Waals surface area contributed by atoms with Crippen molar-refractivity contribution in [1.82, 2.24) is 15.3 Å². The maximum Gasteiger partial charge on any atom is 0.324 e. The SMILES string of the molecule is Cc1cnc(NC(=O)Nc2cc(C3CC3)c(N(C)C)cc2OCC2CNCCO2)cn1. The van der Waals surface area contributed by atoms with Gasteiger partial charge < -0.3 is 25.0 Å². The molecule has 9 nitrogen and oxygen atoms in total. The van der Waals surface area contributed by atoms with Crippen molar-refractivity contribution >= 4 is 23.2 Å². The second-order valence-electron chi connectivity index (χ2n) is 8.21. The lowest BCUT2D eigenvalue weighted by atomic mass is 10.1. The number of ether oxygens (including phenoxy) is 2. The van der Waals surface area contributed by atoms with Gasteiger partial charge in [0, 0.05) is 38.9 Å². The second kappa shape index (κ2) is 9.49. The molecule has 9 heteroatoms. The van der Waals surface area contributed by atoms with E-state index in [1.54, 1.807) is 6.20 Å². The van der Waals surface area contributed by atoms with Gasteiger partial charge in [0.2, 0.25) is 0 Å². The summed E-state index contributed by atoms with van der Waals surface area (Å²) in [4.78, 5) is 23.1. The first-order chi connectivity index (χ1) is 15.0. The van der Waals surface area contributed by atoms with Crippen LogP contribution in [0.2, 0.25) is 0 Å². The third kappa shape index (κ3) is 5.62. The Bertz CT molecular complexity index is 908. The van der Waals surface area contributed by atoms with Crippen molar-refractivity contribution in [2.24, 2.45) is 0 Å². The predicted molar refractivity (Wildman–Crippen MR) is 120 cm³/mol. The molecule has 0 spiro atoms. The van der Waals surface area contributed by atoms with Gasteiger partial charge in [-0.15, -0.1) is 0 Å². The molecule has 1 aliphatic carbocycles. The molecule has 1 unspecified atom stereocenters. The van der Waals surface area contributed by atoms with Crippen LogP contribution in [0.4, 0.5) is 22.0 Å². The van der Waals surface area contributed by atoms with Crippen LogP contribution in [0.3, 0.4) is 0 Å². The molecule has 1 aliphatic heterocycles. The Morgan fingerprint density at radius 1 is 1.26 bits per heavy atom. The fourth-order valence-corrected chi connectivity index (χ4v) is 3.55. The summed E-state index contributed by atoms with van der Waals surface area (Å²) in [6, 6.07) is 3.64. The molecule has 1 saturated carbocycles. The maximum absolute atomic E-state index is 12.6. The van der Waals surface area contributed by atoms with Gasteiger partial charge in [-0.25, -0.2) is 9.78 Å². The predicted octanol–water partition coefficient (Wildman–Crippen LogP) is 2.74. The van der Waals surface area contributed by atoms with Crippen LogP contribution in [0.1, 0.15) is 30.0 Å². The minimum absolute atomic E-state index is 0.0239. The first-order valence-corrected chi connectivity index (χ1v) is 10.7. The number of amides is 2. The van der Waals surface area contributed by atoms with Gasteiger partial charge in [-0.1, -0.05) is 0 Å². The fourth-order valence-electron chi connectivity index (χ4n) is 3.55. The summed E-state index contributed by atoms with van der Waals surface area (Å²) in [6.07, 6.45) is 5.44. The van der Waals surface area contributed by atoms with Gasteiger partial charge in [-0.3, -0.25) is 10.3 Å². The van der Waals surface area contributed by atoms with Crippen molar-refractivity contribution in [2.45, 2.75) is 31.8 Å².